The standard InChI is InChI=1S/C9H12O4S/c1-3-14(12)5-7-4-6(2)8(13-7)9(10)11/h4H,3,5H2,1-2H3,(H,10,11). The SMILES string of the molecule is CCS(=O)Cc1cc(C)c(C(=O)O)o1. The van der Waals surface area contributed by atoms with Crippen LogP contribution in [0.4, 0.5) is 0 Å². The smallest absolute Gasteiger partial charge is 0.372 e. The van der Waals surface area contributed by atoms with Crippen LogP contribution in [-0.2, 0) is 16.6 Å². The van der Waals surface area contributed by atoms with Gasteiger partial charge in [-0.2, -0.15) is 0 Å². The molecule has 1 aromatic rings. The van der Waals surface area contributed by atoms with Gasteiger partial charge in [-0.3, -0.25) is 4.21 Å². The third-order valence-corrected chi connectivity index (χ3v) is 3.04. The number of hydrogen-bond donors (Lipinski definition) is 1. The van der Waals surface area contributed by atoms with Crippen molar-refractivity contribution in [2.24, 2.45) is 0 Å². The van der Waals surface area contributed by atoms with E-state index < -0.39 is 16.8 Å². The maximum atomic E-state index is 11.2. The fraction of sp³-hybridized carbons (Fsp3) is 0.444. The van der Waals surface area contributed by atoms with Crippen LogP contribution in [-0.4, -0.2) is 21.0 Å². The molecular weight excluding hydrogens is 204 g/mol. The molecule has 78 valence electrons. The Morgan fingerprint density at radius 3 is 2.71 bits per heavy atom. The van der Waals surface area contributed by atoms with Gasteiger partial charge in [-0.1, -0.05) is 6.92 Å². The van der Waals surface area contributed by atoms with Crippen molar-refractivity contribution >= 4 is 16.8 Å². The van der Waals surface area contributed by atoms with Gasteiger partial charge in [0.25, 0.3) is 0 Å². The van der Waals surface area contributed by atoms with Crippen LogP contribution < -0.4 is 0 Å². The van der Waals surface area contributed by atoms with E-state index in [0.29, 0.717) is 17.1 Å². The summed E-state index contributed by atoms with van der Waals surface area (Å²) in [4.78, 5) is 10.6. The Labute approximate surface area is 84.4 Å². The molecule has 0 aliphatic rings. The number of hydrogen-bond acceptors (Lipinski definition) is 3. The predicted molar refractivity (Wildman–Crippen MR) is 52.8 cm³/mol. The number of furan rings is 1. The third kappa shape index (κ3) is 2.45. The summed E-state index contributed by atoms with van der Waals surface area (Å²) in [7, 11) is -0.973. The molecule has 5 heteroatoms. The van der Waals surface area contributed by atoms with Crippen molar-refractivity contribution in [3.8, 4) is 0 Å². The van der Waals surface area contributed by atoms with Crippen molar-refractivity contribution in [3.63, 3.8) is 0 Å². The quantitative estimate of drug-likeness (QED) is 0.829. The molecule has 4 nitrogen and oxygen atoms in total. The second-order valence-corrected chi connectivity index (χ2v) is 4.65. The highest BCUT2D eigenvalue weighted by Gasteiger charge is 2.14. The van der Waals surface area contributed by atoms with Crippen LogP contribution in [0.25, 0.3) is 0 Å². The molecule has 14 heavy (non-hydrogen) atoms. The third-order valence-electron chi connectivity index (χ3n) is 1.79. The Kier molecular flexibility index (Phi) is 3.46. The van der Waals surface area contributed by atoms with Crippen molar-refractivity contribution in [1.82, 2.24) is 0 Å². The van der Waals surface area contributed by atoms with Crippen LogP contribution in [0.1, 0.15) is 28.8 Å². The lowest BCUT2D eigenvalue weighted by atomic mass is 10.3. The highest BCUT2D eigenvalue weighted by molar-refractivity contribution is 7.84. The number of carboxylic acids is 1. The second-order valence-electron chi connectivity index (χ2n) is 2.90. The van der Waals surface area contributed by atoms with Crippen molar-refractivity contribution in [1.29, 1.82) is 0 Å². The first-order valence-electron chi connectivity index (χ1n) is 4.22. The van der Waals surface area contributed by atoms with E-state index in [0.717, 1.165) is 0 Å². The van der Waals surface area contributed by atoms with E-state index in [4.69, 9.17) is 9.52 Å². The molecule has 0 aromatic carbocycles. The zero-order chi connectivity index (χ0) is 10.7. The van der Waals surface area contributed by atoms with Crippen LogP contribution in [0.15, 0.2) is 10.5 Å². The van der Waals surface area contributed by atoms with E-state index in [1.165, 1.54) is 0 Å². The molecule has 1 unspecified atom stereocenters. The van der Waals surface area contributed by atoms with Crippen LogP contribution in [0.2, 0.25) is 0 Å². The molecule has 0 spiro atoms. The minimum atomic E-state index is -1.09. The fourth-order valence-electron chi connectivity index (χ4n) is 1.09. The van der Waals surface area contributed by atoms with Crippen LogP contribution in [0.5, 0.6) is 0 Å². The normalized spacial score (nSPS) is 12.7. The highest BCUT2D eigenvalue weighted by Crippen LogP contribution is 2.15. The number of rotatable bonds is 4. The Morgan fingerprint density at radius 2 is 2.29 bits per heavy atom. The molecule has 1 heterocycles. The topological polar surface area (TPSA) is 67.5 Å². The van der Waals surface area contributed by atoms with Crippen molar-refractivity contribution in [3.05, 3.63) is 23.2 Å². The highest BCUT2D eigenvalue weighted by atomic mass is 32.2. The maximum absolute atomic E-state index is 11.2. The molecule has 1 aromatic heterocycles. The number of aromatic carboxylic acids is 1. The summed E-state index contributed by atoms with van der Waals surface area (Å²) in [5.74, 6) is 0.150. The average Bonchev–Trinajstić information content (AvgIpc) is 2.46. The molecular formula is C9H12O4S. The maximum Gasteiger partial charge on any atom is 0.372 e. The van der Waals surface area contributed by atoms with Gasteiger partial charge in [-0.25, -0.2) is 4.79 Å². The fourth-order valence-corrected chi connectivity index (χ4v) is 1.76. The van der Waals surface area contributed by atoms with Crippen molar-refractivity contribution < 1.29 is 18.5 Å². The molecule has 1 N–H and O–H groups in total. The van der Waals surface area contributed by atoms with Gasteiger partial charge in [0, 0.05) is 22.1 Å². The molecule has 0 bridgehead atoms. The van der Waals surface area contributed by atoms with E-state index in [9.17, 15) is 9.00 Å². The van der Waals surface area contributed by atoms with E-state index in [1.807, 2.05) is 6.92 Å². The van der Waals surface area contributed by atoms with Gasteiger partial charge in [-0.05, 0) is 13.0 Å². The van der Waals surface area contributed by atoms with Gasteiger partial charge in [0.1, 0.15) is 5.76 Å². The lowest BCUT2D eigenvalue weighted by molar-refractivity contribution is 0.0659. The summed E-state index contributed by atoms with van der Waals surface area (Å²) in [5, 5.41) is 8.70. The number of aryl methyl sites for hydroxylation is 1. The van der Waals surface area contributed by atoms with E-state index >= 15 is 0 Å². The predicted octanol–water partition coefficient (Wildman–Crippen LogP) is 1.55. The van der Waals surface area contributed by atoms with Gasteiger partial charge in [0.05, 0.1) is 5.75 Å². The molecule has 0 aliphatic heterocycles. The summed E-state index contributed by atoms with van der Waals surface area (Å²) in [6, 6.07) is 1.62. The number of carbonyl (C=O) groups is 1. The molecule has 0 fully saturated rings. The minimum absolute atomic E-state index is 0.0619. The largest absolute Gasteiger partial charge is 0.475 e. The molecule has 0 radical (unpaired) electrons. The first-order chi connectivity index (χ1) is 6.54. The molecule has 1 atom stereocenters. The van der Waals surface area contributed by atoms with Crippen LogP contribution >= 0.6 is 0 Å². The molecule has 1 rings (SSSR count). The van der Waals surface area contributed by atoms with Crippen molar-refractivity contribution in [2.75, 3.05) is 5.75 Å². The van der Waals surface area contributed by atoms with Gasteiger partial charge < -0.3 is 9.52 Å². The minimum Gasteiger partial charge on any atom is -0.475 e. The molecule has 0 saturated carbocycles. The van der Waals surface area contributed by atoms with Gasteiger partial charge in [-0.15, -0.1) is 0 Å². The van der Waals surface area contributed by atoms with Crippen molar-refractivity contribution in [2.45, 2.75) is 19.6 Å². The van der Waals surface area contributed by atoms with Crippen LogP contribution in [0, 0.1) is 6.92 Å². The summed E-state index contributed by atoms with van der Waals surface area (Å²) in [5.41, 5.74) is 0.570. The Balaban J connectivity index is 2.86. The summed E-state index contributed by atoms with van der Waals surface area (Å²) in [6.45, 7) is 3.47. The summed E-state index contributed by atoms with van der Waals surface area (Å²) in [6.07, 6.45) is 0. The number of carboxylic acid groups (broad SMARTS) is 1. The zero-order valence-electron chi connectivity index (χ0n) is 8.07. The Hall–Kier alpha value is -1.10. The molecule has 0 saturated heterocycles. The van der Waals surface area contributed by atoms with Gasteiger partial charge in [0.15, 0.2) is 0 Å². The second kappa shape index (κ2) is 4.41. The summed E-state index contributed by atoms with van der Waals surface area (Å²) >= 11 is 0. The first-order valence-corrected chi connectivity index (χ1v) is 5.71. The Morgan fingerprint density at radius 1 is 1.64 bits per heavy atom. The molecule has 0 amide bonds. The van der Waals surface area contributed by atoms with E-state index in [1.54, 1.807) is 13.0 Å². The zero-order valence-corrected chi connectivity index (χ0v) is 8.89. The lowest BCUT2D eigenvalue weighted by Crippen LogP contribution is -1.97. The van der Waals surface area contributed by atoms with E-state index in [2.05, 4.69) is 0 Å². The van der Waals surface area contributed by atoms with Gasteiger partial charge >= 0.3 is 5.97 Å². The summed E-state index contributed by atoms with van der Waals surface area (Å²) < 4.78 is 16.2. The first kappa shape index (κ1) is 11.0. The average molecular weight is 216 g/mol. The monoisotopic (exact) mass is 216 g/mol. The van der Waals surface area contributed by atoms with Crippen LogP contribution in [0.3, 0.4) is 0 Å². The molecule has 0 aliphatic carbocycles. The van der Waals surface area contributed by atoms with Gasteiger partial charge in [0.2, 0.25) is 5.76 Å². The Bertz CT molecular complexity index is 367. The van der Waals surface area contributed by atoms with E-state index in [-0.39, 0.29) is 11.5 Å². The lowest BCUT2D eigenvalue weighted by Gasteiger charge is -1.93.